The summed E-state index contributed by atoms with van der Waals surface area (Å²) in [6.07, 6.45) is 5.43. The molecule has 42 heavy (non-hydrogen) atoms. The molecule has 1 heterocycles. The Labute approximate surface area is 249 Å². The van der Waals surface area contributed by atoms with Gasteiger partial charge in [-0.15, -0.1) is 0 Å². The van der Waals surface area contributed by atoms with Gasteiger partial charge in [0.15, 0.2) is 0 Å². The van der Waals surface area contributed by atoms with Gasteiger partial charge < -0.3 is 4.74 Å². The lowest BCUT2D eigenvalue weighted by molar-refractivity contribution is 0.316. The van der Waals surface area contributed by atoms with Crippen LogP contribution >= 0.6 is 7.92 Å². The van der Waals surface area contributed by atoms with E-state index in [1.807, 2.05) is 0 Å². The van der Waals surface area contributed by atoms with Crippen molar-refractivity contribution in [3.05, 3.63) is 161 Å². The van der Waals surface area contributed by atoms with Crippen molar-refractivity contribution in [2.45, 2.75) is 43.6 Å². The van der Waals surface area contributed by atoms with E-state index in [1.54, 1.807) is 5.56 Å². The molecule has 206 valence electrons. The average molecular weight is 564 g/mol. The maximum Gasteiger partial charge on any atom is 0.216 e. The summed E-state index contributed by atoms with van der Waals surface area (Å²) < 4.78 is 6.41. The van der Waals surface area contributed by atoms with Gasteiger partial charge in [0.25, 0.3) is 0 Å². The normalized spacial score (nSPS) is 20.4. The van der Waals surface area contributed by atoms with Crippen LogP contribution in [0.25, 0.3) is 0 Å². The highest BCUT2D eigenvalue weighted by atomic mass is 31.1. The maximum absolute atomic E-state index is 6.41. The van der Waals surface area contributed by atoms with Crippen LogP contribution in [0.3, 0.4) is 0 Å². The van der Waals surface area contributed by atoms with Crippen molar-refractivity contribution in [1.29, 1.82) is 0 Å². The summed E-state index contributed by atoms with van der Waals surface area (Å²) in [4.78, 5) is 5.19. The van der Waals surface area contributed by atoms with Crippen molar-refractivity contribution in [3.8, 4) is 0 Å². The van der Waals surface area contributed by atoms with E-state index >= 15 is 0 Å². The molecule has 2 atom stereocenters. The summed E-state index contributed by atoms with van der Waals surface area (Å²) in [5, 5.41) is 4.33. The fraction of sp³-hybridized carbons (Fsp3) is 0.205. The largest absolute Gasteiger partial charge is 0.475 e. The number of aryl methyl sites for hydroxylation is 2. The Balaban J connectivity index is 1.26. The molecule has 1 aliphatic heterocycles. The SMILES string of the molecule is c1ccc(C[C@H]2COC(c3cccc4c3C3(CC4)CCc4cccc(P(c5ccccc5)c5ccccc5)c43)=N2)cc1. The molecule has 2 aliphatic carbocycles. The highest BCUT2D eigenvalue weighted by Gasteiger charge is 2.49. The highest BCUT2D eigenvalue weighted by molar-refractivity contribution is 7.79. The topological polar surface area (TPSA) is 21.6 Å². The predicted octanol–water partition coefficient (Wildman–Crippen LogP) is 7.01. The lowest BCUT2D eigenvalue weighted by Gasteiger charge is -2.33. The Hall–Kier alpha value is -4.00. The Bertz CT molecular complexity index is 1720. The van der Waals surface area contributed by atoms with Gasteiger partial charge in [0.1, 0.15) is 6.61 Å². The van der Waals surface area contributed by atoms with Gasteiger partial charge in [0.2, 0.25) is 5.90 Å². The summed E-state index contributed by atoms with van der Waals surface area (Å²) >= 11 is 0. The van der Waals surface area contributed by atoms with E-state index in [1.165, 1.54) is 43.7 Å². The summed E-state index contributed by atoms with van der Waals surface area (Å²) in [6.45, 7) is 0.649. The fourth-order valence-electron chi connectivity index (χ4n) is 7.67. The third-order valence-corrected chi connectivity index (χ3v) is 11.9. The number of hydrogen-bond donors (Lipinski definition) is 0. The number of benzene rings is 5. The first-order valence-electron chi connectivity index (χ1n) is 15.2. The molecular formula is C39H34NOP. The van der Waals surface area contributed by atoms with Crippen molar-refractivity contribution in [2.24, 2.45) is 4.99 Å². The zero-order valence-corrected chi connectivity index (χ0v) is 24.6. The molecule has 0 aromatic heterocycles. The smallest absolute Gasteiger partial charge is 0.216 e. The summed E-state index contributed by atoms with van der Waals surface area (Å²) in [6, 6.07) is 47.1. The van der Waals surface area contributed by atoms with E-state index in [2.05, 4.69) is 127 Å². The second-order valence-electron chi connectivity index (χ2n) is 11.8. The lowest BCUT2D eigenvalue weighted by atomic mass is 9.74. The zero-order chi connectivity index (χ0) is 27.9. The fourth-order valence-corrected chi connectivity index (χ4v) is 10.3. The minimum Gasteiger partial charge on any atom is -0.475 e. The predicted molar refractivity (Wildman–Crippen MR) is 175 cm³/mol. The van der Waals surface area contributed by atoms with E-state index in [9.17, 15) is 0 Å². The molecule has 8 rings (SSSR count). The Morgan fingerprint density at radius 3 is 1.90 bits per heavy atom. The Kier molecular flexibility index (Phi) is 6.53. The van der Waals surface area contributed by atoms with E-state index in [4.69, 9.17) is 9.73 Å². The molecule has 0 radical (unpaired) electrons. The molecule has 1 unspecified atom stereocenters. The molecule has 0 saturated carbocycles. The van der Waals surface area contributed by atoms with Gasteiger partial charge in [0, 0.05) is 11.0 Å². The van der Waals surface area contributed by atoms with E-state index in [0.29, 0.717) is 6.61 Å². The molecule has 5 aromatic carbocycles. The van der Waals surface area contributed by atoms with Crippen LogP contribution in [0.5, 0.6) is 0 Å². The molecule has 3 heteroatoms. The van der Waals surface area contributed by atoms with Crippen LogP contribution in [-0.2, 0) is 29.4 Å². The molecule has 1 spiro atoms. The van der Waals surface area contributed by atoms with Crippen LogP contribution in [0.2, 0.25) is 0 Å². The van der Waals surface area contributed by atoms with E-state index < -0.39 is 7.92 Å². The van der Waals surface area contributed by atoms with Crippen LogP contribution in [0.15, 0.2) is 132 Å². The van der Waals surface area contributed by atoms with E-state index in [0.717, 1.165) is 38.0 Å². The molecule has 2 nitrogen and oxygen atoms in total. The number of aliphatic imine (C=N–C) groups is 1. The van der Waals surface area contributed by atoms with Gasteiger partial charge in [-0.1, -0.05) is 121 Å². The minimum atomic E-state index is -0.697. The Morgan fingerprint density at radius 2 is 1.24 bits per heavy atom. The molecule has 0 saturated heterocycles. The second-order valence-corrected chi connectivity index (χ2v) is 14.0. The van der Waals surface area contributed by atoms with Crippen LogP contribution in [0.4, 0.5) is 0 Å². The van der Waals surface area contributed by atoms with Gasteiger partial charge in [-0.05, 0) is 89.8 Å². The Morgan fingerprint density at radius 1 is 0.643 bits per heavy atom. The molecule has 3 aliphatic rings. The van der Waals surface area contributed by atoms with Crippen LogP contribution in [0.1, 0.15) is 46.2 Å². The van der Waals surface area contributed by atoms with Crippen LogP contribution in [-0.4, -0.2) is 18.5 Å². The van der Waals surface area contributed by atoms with Gasteiger partial charge in [0.05, 0.1) is 6.04 Å². The van der Waals surface area contributed by atoms with Crippen LogP contribution < -0.4 is 15.9 Å². The van der Waals surface area contributed by atoms with Crippen molar-refractivity contribution >= 4 is 29.7 Å². The molecule has 0 N–H and O–H groups in total. The molecule has 0 amide bonds. The zero-order valence-electron chi connectivity index (χ0n) is 23.7. The minimum absolute atomic E-state index is 0.00854. The molecule has 0 fully saturated rings. The van der Waals surface area contributed by atoms with Gasteiger partial charge >= 0.3 is 0 Å². The number of fused-ring (bicyclic) bond motifs is 4. The van der Waals surface area contributed by atoms with Gasteiger partial charge in [-0.2, -0.15) is 0 Å². The lowest BCUT2D eigenvalue weighted by Crippen LogP contribution is -2.32. The third-order valence-electron chi connectivity index (χ3n) is 9.41. The van der Waals surface area contributed by atoms with Crippen molar-refractivity contribution in [1.82, 2.24) is 0 Å². The number of ether oxygens (including phenoxy) is 1. The quantitative estimate of drug-likeness (QED) is 0.204. The first-order valence-corrected chi connectivity index (χ1v) is 16.5. The summed E-state index contributed by atoms with van der Waals surface area (Å²) in [7, 11) is -0.697. The standard InChI is InChI=1S/C39H34NOP/c1-4-12-28(13-5-1)26-31-27-41-38(40-31)34-20-10-14-29-22-24-39(36(29)34)25-23-30-15-11-21-35(37(30)39)42(32-16-6-2-7-17-32)33-18-8-3-9-19-33/h1-21,31H,22-27H2/t31-,39?/m0/s1. The number of hydrogen-bond acceptors (Lipinski definition) is 2. The van der Waals surface area contributed by atoms with E-state index in [-0.39, 0.29) is 11.5 Å². The van der Waals surface area contributed by atoms with Crippen molar-refractivity contribution < 1.29 is 4.74 Å². The van der Waals surface area contributed by atoms with Gasteiger partial charge in [-0.25, -0.2) is 4.99 Å². The summed E-state index contributed by atoms with van der Waals surface area (Å²) in [5.41, 5.74) is 8.57. The first kappa shape index (κ1) is 25.7. The molecular weight excluding hydrogens is 529 g/mol. The second kappa shape index (κ2) is 10.7. The van der Waals surface area contributed by atoms with Gasteiger partial charge in [-0.3, -0.25) is 0 Å². The summed E-state index contributed by atoms with van der Waals surface area (Å²) in [5.74, 6) is 0.841. The molecule has 5 aromatic rings. The van der Waals surface area contributed by atoms with Crippen LogP contribution in [0, 0.1) is 0 Å². The first-order chi connectivity index (χ1) is 20.8. The average Bonchev–Trinajstić information content (AvgIpc) is 3.78. The molecule has 0 bridgehead atoms. The monoisotopic (exact) mass is 563 g/mol. The van der Waals surface area contributed by atoms with Crippen molar-refractivity contribution in [2.75, 3.05) is 6.61 Å². The number of nitrogens with zero attached hydrogens (tertiary/aromatic N) is 1. The van der Waals surface area contributed by atoms with Crippen molar-refractivity contribution in [3.63, 3.8) is 0 Å². The highest BCUT2D eigenvalue weighted by Crippen LogP contribution is 2.55. The third kappa shape index (κ3) is 4.32. The maximum atomic E-state index is 6.41. The number of rotatable bonds is 6.